The minimum absolute atomic E-state index is 0.353. The molecule has 0 unspecified atom stereocenters. The highest BCUT2D eigenvalue weighted by molar-refractivity contribution is 6.07. The van der Waals surface area contributed by atoms with E-state index in [1.807, 2.05) is 30.3 Å². The van der Waals surface area contributed by atoms with Crippen molar-refractivity contribution in [3.8, 4) is 0 Å². The molecule has 1 amide bonds. The second kappa shape index (κ2) is 5.52. The summed E-state index contributed by atoms with van der Waals surface area (Å²) in [7, 11) is 0. The molecule has 0 fully saturated rings. The SMILES string of the molecule is CC[C@H](NC(=O)c1cccc2ccccc12)C(=O)O. The van der Waals surface area contributed by atoms with Crippen LogP contribution in [0.1, 0.15) is 23.7 Å². The van der Waals surface area contributed by atoms with Crippen LogP contribution in [0.4, 0.5) is 0 Å². The van der Waals surface area contributed by atoms with Gasteiger partial charge in [-0.25, -0.2) is 4.79 Å². The number of benzene rings is 2. The Morgan fingerprint density at radius 1 is 1.16 bits per heavy atom. The molecule has 1 atom stereocenters. The van der Waals surface area contributed by atoms with E-state index in [0.717, 1.165) is 10.8 Å². The molecule has 4 nitrogen and oxygen atoms in total. The maximum Gasteiger partial charge on any atom is 0.326 e. The maximum atomic E-state index is 12.2. The Morgan fingerprint density at radius 3 is 2.53 bits per heavy atom. The van der Waals surface area contributed by atoms with Crippen LogP contribution in [0.5, 0.6) is 0 Å². The molecule has 0 bridgehead atoms. The van der Waals surface area contributed by atoms with Crippen LogP contribution in [0.15, 0.2) is 42.5 Å². The van der Waals surface area contributed by atoms with Crippen molar-refractivity contribution < 1.29 is 14.7 Å². The van der Waals surface area contributed by atoms with Crippen LogP contribution < -0.4 is 5.32 Å². The molecule has 98 valence electrons. The number of carboxylic acid groups (broad SMARTS) is 1. The third-order valence-electron chi connectivity index (χ3n) is 3.05. The van der Waals surface area contributed by atoms with E-state index < -0.39 is 12.0 Å². The van der Waals surface area contributed by atoms with Gasteiger partial charge in [0.25, 0.3) is 5.91 Å². The second-order valence-electron chi connectivity index (χ2n) is 4.30. The summed E-state index contributed by atoms with van der Waals surface area (Å²) >= 11 is 0. The first-order valence-electron chi connectivity index (χ1n) is 6.15. The van der Waals surface area contributed by atoms with Crippen molar-refractivity contribution in [2.45, 2.75) is 19.4 Å². The number of carbonyl (C=O) groups is 2. The van der Waals surface area contributed by atoms with Crippen LogP contribution in [-0.4, -0.2) is 23.0 Å². The first-order valence-corrected chi connectivity index (χ1v) is 6.15. The van der Waals surface area contributed by atoms with Crippen molar-refractivity contribution in [1.82, 2.24) is 5.32 Å². The first-order chi connectivity index (χ1) is 9.13. The Morgan fingerprint density at radius 2 is 1.84 bits per heavy atom. The number of hydrogen-bond donors (Lipinski definition) is 2. The molecule has 4 heteroatoms. The minimum Gasteiger partial charge on any atom is -0.480 e. The molecule has 0 saturated heterocycles. The number of nitrogens with one attached hydrogen (secondary N) is 1. The Hall–Kier alpha value is -2.36. The van der Waals surface area contributed by atoms with Crippen molar-refractivity contribution in [3.63, 3.8) is 0 Å². The Bertz CT molecular complexity index is 616. The summed E-state index contributed by atoms with van der Waals surface area (Å²) in [5.41, 5.74) is 0.498. The molecule has 2 aromatic carbocycles. The van der Waals surface area contributed by atoms with E-state index in [-0.39, 0.29) is 5.91 Å². The van der Waals surface area contributed by atoms with Gasteiger partial charge >= 0.3 is 5.97 Å². The van der Waals surface area contributed by atoms with Gasteiger partial charge in [-0.1, -0.05) is 43.3 Å². The molecule has 0 aromatic heterocycles. The fraction of sp³-hybridized carbons (Fsp3) is 0.200. The highest BCUT2D eigenvalue weighted by atomic mass is 16.4. The molecule has 2 rings (SSSR count). The van der Waals surface area contributed by atoms with Crippen LogP contribution in [-0.2, 0) is 4.79 Å². The number of carboxylic acids is 1. The molecule has 2 aromatic rings. The molecule has 0 saturated carbocycles. The number of rotatable bonds is 4. The van der Waals surface area contributed by atoms with Gasteiger partial charge in [0.15, 0.2) is 0 Å². The summed E-state index contributed by atoms with van der Waals surface area (Å²) < 4.78 is 0. The number of fused-ring (bicyclic) bond motifs is 1. The summed E-state index contributed by atoms with van der Waals surface area (Å²) in [6, 6.07) is 12.1. The summed E-state index contributed by atoms with van der Waals surface area (Å²) in [5, 5.41) is 13.3. The zero-order valence-electron chi connectivity index (χ0n) is 10.6. The lowest BCUT2D eigenvalue weighted by Crippen LogP contribution is -2.40. The third kappa shape index (κ3) is 2.73. The monoisotopic (exact) mass is 257 g/mol. The van der Waals surface area contributed by atoms with E-state index in [4.69, 9.17) is 5.11 Å². The predicted octanol–water partition coefficient (Wildman–Crippen LogP) is 2.43. The highest BCUT2D eigenvalue weighted by Crippen LogP contribution is 2.18. The quantitative estimate of drug-likeness (QED) is 0.884. The van der Waals surface area contributed by atoms with Gasteiger partial charge in [0.1, 0.15) is 6.04 Å². The topological polar surface area (TPSA) is 66.4 Å². The first kappa shape index (κ1) is 13.1. The van der Waals surface area contributed by atoms with Crippen LogP contribution >= 0.6 is 0 Å². The Labute approximate surface area is 111 Å². The molecular weight excluding hydrogens is 242 g/mol. The maximum absolute atomic E-state index is 12.2. The van der Waals surface area contributed by atoms with E-state index >= 15 is 0 Å². The largest absolute Gasteiger partial charge is 0.480 e. The van der Waals surface area contributed by atoms with Crippen LogP contribution in [0.2, 0.25) is 0 Å². The molecule has 0 radical (unpaired) electrons. The van der Waals surface area contributed by atoms with Crippen molar-refractivity contribution in [3.05, 3.63) is 48.0 Å². The van der Waals surface area contributed by atoms with E-state index in [2.05, 4.69) is 5.32 Å². The normalized spacial score (nSPS) is 12.1. The van der Waals surface area contributed by atoms with Gasteiger partial charge < -0.3 is 10.4 Å². The summed E-state index contributed by atoms with van der Waals surface area (Å²) in [6.07, 6.45) is 0.353. The van der Waals surface area contributed by atoms with E-state index in [1.165, 1.54) is 0 Å². The molecule has 0 aliphatic heterocycles. The Balaban J connectivity index is 2.34. The lowest BCUT2D eigenvalue weighted by Gasteiger charge is -2.13. The molecule has 0 aliphatic rings. The van der Waals surface area contributed by atoms with Gasteiger partial charge in [0.2, 0.25) is 0 Å². The summed E-state index contributed by atoms with van der Waals surface area (Å²) in [6.45, 7) is 1.72. The number of hydrogen-bond acceptors (Lipinski definition) is 2. The lowest BCUT2D eigenvalue weighted by atomic mass is 10.0. The third-order valence-corrected chi connectivity index (χ3v) is 3.05. The van der Waals surface area contributed by atoms with Crippen LogP contribution in [0, 0.1) is 0 Å². The van der Waals surface area contributed by atoms with Gasteiger partial charge in [-0.15, -0.1) is 0 Å². The van der Waals surface area contributed by atoms with Gasteiger partial charge in [-0.05, 0) is 23.3 Å². The van der Waals surface area contributed by atoms with Gasteiger partial charge in [-0.3, -0.25) is 4.79 Å². The molecule has 19 heavy (non-hydrogen) atoms. The smallest absolute Gasteiger partial charge is 0.326 e. The standard InChI is InChI=1S/C15H15NO3/c1-2-13(15(18)19)16-14(17)12-9-5-7-10-6-3-4-8-11(10)12/h3-9,13H,2H2,1H3,(H,16,17)(H,18,19)/t13-/m0/s1. The van der Waals surface area contributed by atoms with E-state index in [0.29, 0.717) is 12.0 Å². The molecular formula is C15H15NO3. The zero-order chi connectivity index (χ0) is 13.8. The molecule has 0 heterocycles. The van der Waals surface area contributed by atoms with Crippen LogP contribution in [0.25, 0.3) is 10.8 Å². The minimum atomic E-state index is -1.02. The fourth-order valence-electron chi connectivity index (χ4n) is 2.00. The van der Waals surface area contributed by atoms with Gasteiger partial charge in [0, 0.05) is 5.56 Å². The number of carbonyl (C=O) groups excluding carboxylic acids is 1. The average Bonchev–Trinajstić information content (AvgIpc) is 2.43. The van der Waals surface area contributed by atoms with Crippen molar-refractivity contribution in [2.75, 3.05) is 0 Å². The average molecular weight is 257 g/mol. The molecule has 0 spiro atoms. The van der Waals surface area contributed by atoms with Crippen LogP contribution in [0.3, 0.4) is 0 Å². The summed E-state index contributed by atoms with van der Waals surface area (Å²) in [4.78, 5) is 23.1. The van der Waals surface area contributed by atoms with Gasteiger partial charge in [0.05, 0.1) is 0 Å². The molecule has 2 N–H and O–H groups in total. The number of amides is 1. The summed E-state index contributed by atoms with van der Waals surface area (Å²) in [5.74, 6) is -1.37. The molecule has 0 aliphatic carbocycles. The number of aliphatic carboxylic acids is 1. The van der Waals surface area contributed by atoms with Crippen molar-refractivity contribution >= 4 is 22.6 Å². The Kier molecular flexibility index (Phi) is 3.80. The van der Waals surface area contributed by atoms with E-state index in [9.17, 15) is 9.59 Å². The zero-order valence-corrected chi connectivity index (χ0v) is 10.6. The van der Waals surface area contributed by atoms with E-state index in [1.54, 1.807) is 19.1 Å². The van der Waals surface area contributed by atoms with Crippen molar-refractivity contribution in [1.29, 1.82) is 0 Å². The van der Waals surface area contributed by atoms with Crippen molar-refractivity contribution in [2.24, 2.45) is 0 Å². The lowest BCUT2D eigenvalue weighted by molar-refractivity contribution is -0.139. The second-order valence-corrected chi connectivity index (χ2v) is 4.30. The van der Waals surface area contributed by atoms with Gasteiger partial charge in [-0.2, -0.15) is 0 Å². The fourth-order valence-corrected chi connectivity index (χ4v) is 2.00. The highest BCUT2D eigenvalue weighted by Gasteiger charge is 2.19. The predicted molar refractivity (Wildman–Crippen MR) is 73.1 cm³/mol.